The van der Waals surface area contributed by atoms with Crippen LogP contribution in [0.3, 0.4) is 0 Å². The summed E-state index contributed by atoms with van der Waals surface area (Å²) < 4.78 is 0. The molecule has 0 aliphatic rings. The fraction of sp³-hybridized carbons (Fsp3) is 0.261. The largest absolute Gasteiger partial charge is 0.261 e. The fourth-order valence-electron chi connectivity index (χ4n) is 2.90. The lowest BCUT2D eigenvalue weighted by atomic mass is 10.2. The van der Waals surface area contributed by atoms with Crippen LogP contribution in [0.2, 0.25) is 0 Å². The lowest BCUT2D eigenvalue weighted by Gasteiger charge is -2.08. The molecule has 4 heterocycles. The molecule has 30 heavy (non-hydrogen) atoms. The van der Waals surface area contributed by atoms with Crippen molar-refractivity contribution in [2.75, 3.05) is 0 Å². The van der Waals surface area contributed by atoms with Crippen LogP contribution in [0.5, 0.6) is 0 Å². The molecule has 4 rings (SSSR count). The van der Waals surface area contributed by atoms with Gasteiger partial charge in [0.1, 0.15) is 5.82 Å². The van der Waals surface area contributed by atoms with Crippen LogP contribution in [0.25, 0.3) is 34.2 Å². The predicted octanol–water partition coefficient (Wildman–Crippen LogP) is 4.41. The molecule has 0 atom stereocenters. The highest BCUT2D eigenvalue weighted by Crippen LogP contribution is 2.23. The molecule has 0 saturated heterocycles. The van der Waals surface area contributed by atoms with Gasteiger partial charge in [-0.3, -0.25) is 9.97 Å². The van der Waals surface area contributed by atoms with Crippen molar-refractivity contribution in [3.05, 3.63) is 66.3 Å². The summed E-state index contributed by atoms with van der Waals surface area (Å²) in [6.45, 7) is 6.05. The number of hydrogen-bond donors (Lipinski definition) is 0. The lowest BCUT2D eigenvalue weighted by Crippen LogP contribution is -2.02. The molecule has 0 aliphatic heterocycles. The Bertz CT molecular complexity index is 1060. The molecule has 0 aliphatic carbocycles. The summed E-state index contributed by atoms with van der Waals surface area (Å²) in [5, 5.41) is 0. The number of unbranched alkanes of at least 4 members (excludes halogenated alkanes) is 1. The van der Waals surface area contributed by atoms with Crippen molar-refractivity contribution in [3.63, 3.8) is 0 Å². The van der Waals surface area contributed by atoms with Gasteiger partial charge in [-0.1, -0.05) is 13.3 Å². The highest BCUT2D eigenvalue weighted by molar-refractivity contribution is 5.65. The second kappa shape index (κ2) is 8.82. The standard InChI is InChI=1S/C23H23N7/c1-4-5-6-20-26-13-19(14-27-20)23-29-21(17-9-7-15(2)24-11-17)28-22(30-23)18-10-8-16(3)25-12-18/h7-14H,4-6H2,1-3H3. The van der Waals surface area contributed by atoms with Gasteiger partial charge in [0.25, 0.3) is 0 Å². The van der Waals surface area contributed by atoms with Crippen molar-refractivity contribution in [2.45, 2.75) is 40.0 Å². The van der Waals surface area contributed by atoms with Crippen molar-refractivity contribution in [3.8, 4) is 34.2 Å². The summed E-state index contributed by atoms with van der Waals surface area (Å²) >= 11 is 0. The van der Waals surface area contributed by atoms with Crippen LogP contribution in [0.1, 0.15) is 37.0 Å². The second-order valence-electron chi connectivity index (χ2n) is 7.17. The van der Waals surface area contributed by atoms with E-state index in [2.05, 4.69) is 41.8 Å². The number of nitrogens with zero attached hydrogens (tertiary/aromatic N) is 7. The van der Waals surface area contributed by atoms with Gasteiger partial charge in [0.15, 0.2) is 17.5 Å². The summed E-state index contributed by atoms with van der Waals surface area (Å²) in [5.41, 5.74) is 4.27. The Morgan fingerprint density at radius 3 is 1.50 bits per heavy atom. The molecule has 0 fully saturated rings. The molecule has 7 nitrogen and oxygen atoms in total. The summed E-state index contributed by atoms with van der Waals surface area (Å²) in [6.07, 6.45) is 10.2. The molecule has 7 heteroatoms. The molecule has 4 aromatic rings. The first kappa shape index (κ1) is 19.7. The molecule has 150 valence electrons. The van der Waals surface area contributed by atoms with Crippen molar-refractivity contribution in [1.29, 1.82) is 0 Å². The first-order chi connectivity index (χ1) is 14.6. The molecule has 0 radical (unpaired) electrons. The Balaban J connectivity index is 1.78. The molecule has 0 spiro atoms. The van der Waals surface area contributed by atoms with Crippen LogP contribution in [0.15, 0.2) is 49.1 Å². The molecule has 0 amide bonds. The van der Waals surface area contributed by atoms with E-state index in [0.29, 0.717) is 17.5 Å². The van der Waals surface area contributed by atoms with Crippen LogP contribution < -0.4 is 0 Å². The van der Waals surface area contributed by atoms with Crippen molar-refractivity contribution >= 4 is 0 Å². The van der Waals surface area contributed by atoms with E-state index in [4.69, 9.17) is 0 Å². The topological polar surface area (TPSA) is 90.2 Å². The maximum absolute atomic E-state index is 4.68. The predicted molar refractivity (Wildman–Crippen MR) is 115 cm³/mol. The third-order valence-electron chi connectivity index (χ3n) is 4.69. The summed E-state index contributed by atoms with van der Waals surface area (Å²) in [4.78, 5) is 31.7. The SMILES string of the molecule is CCCCc1ncc(-c2nc(-c3ccc(C)nc3)nc(-c3ccc(C)nc3)n2)cn1. The Morgan fingerprint density at radius 1 is 0.600 bits per heavy atom. The molecule has 0 saturated carbocycles. The van der Waals surface area contributed by atoms with Gasteiger partial charge in [-0.25, -0.2) is 24.9 Å². The minimum Gasteiger partial charge on any atom is -0.261 e. The van der Waals surface area contributed by atoms with Crippen LogP contribution in [-0.4, -0.2) is 34.9 Å². The van der Waals surface area contributed by atoms with E-state index in [1.165, 1.54) is 0 Å². The number of hydrogen-bond acceptors (Lipinski definition) is 7. The van der Waals surface area contributed by atoms with Crippen LogP contribution >= 0.6 is 0 Å². The Labute approximate surface area is 175 Å². The van der Waals surface area contributed by atoms with Crippen molar-refractivity contribution in [2.24, 2.45) is 0 Å². The van der Waals surface area contributed by atoms with E-state index in [1.807, 2.05) is 38.1 Å². The van der Waals surface area contributed by atoms with Gasteiger partial charge >= 0.3 is 0 Å². The molecule has 0 N–H and O–H groups in total. The number of pyridine rings is 2. The van der Waals surface area contributed by atoms with E-state index < -0.39 is 0 Å². The van der Waals surface area contributed by atoms with Gasteiger partial charge < -0.3 is 0 Å². The van der Waals surface area contributed by atoms with Gasteiger partial charge in [-0.05, 0) is 44.5 Å². The summed E-state index contributed by atoms with van der Waals surface area (Å²) in [7, 11) is 0. The molecular weight excluding hydrogens is 374 g/mol. The average Bonchev–Trinajstić information content (AvgIpc) is 2.79. The smallest absolute Gasteiger partial charge is 0.167 e. The Morgan fingerprint density at radius 2 is 1.07 bits per heavy atom. The second-order valence-corrected chi connectivity index (χ2v) is 7.17. The lowest BCUT2D eigenvalue weighted by molar-refractivity contribution is 0.752. The fourth-order valence-corrected chi connectivity index (χ4v) is 2.90. The molecular formula is C23H23N7. The molecule has 0 bridgehead atoms. The monoisotopic (exact) mass is 397 g/mol. The molecule has 4 aromatic heterocycles. The van der Waals surface area contributed by atoms with Crippen LogP contribution in [0.4, 0.5) is 0 Å². The van der Waals surface area contributed by atoms with Gasteiger partial charge in [0, 0.05) is 53.7 Å². The Kier molecular flexibility index (Phi) is 5.79. The normalized spacial score (nSPS) is 10.9. The number of aryl methyl sites for hydroxylation is 3. The van der Waals surface area contributed by atoms with Gasteiger partial charge in [-0.15, -0.1) is 0 Å². The minimum atomic E-state index is 0.526. The van der Waals surface area contributed by atoms with Crippen LogP contribution in [0, 0.1) is 13.8 Å². The van der Waals surface area contributed by atoms with E-state index in [9.17, 15) is 0 Å². The maximum atomic E-state index is 4.68. The highest BCUT2D eigenvalue weighted by atomic mass is 15.0. The summed E-state index contributed by atoms with van der Waals surface area (Å²) in [5.74, 6) is 2.47. The maximum Gasteiger partial charge on any atom is 0.167 e. The zero-order valence-corrected chi connectivity index (χ0v) is 17.4. The van der Waals surface area contributed by atoms with E-state index in [0.717, 1.165) is 53.2 Å². The first-order valence-corrected chi connectivity index (χ1v) is 10.1. The first-order valence-electron chi connectivity index (χ1n) is 10.1. The van der Waals surface area contributed by atoms with Gasteiger partial charge in [0.2, 0.25) is 0 Å². The van der Waals surface area contributed by atoms with E-state index in [-0.39, 0.29) is 0 Å². The third kappa shape index (κ3) is 4.51. The van der Waals surface area contributed by atoms with E-state index in [1.54, 1.807) is 24.8 Å². The van der Waals surface area contributed by atoms with Crippen molar-refractivity contribution in [1.82, 2.24) is 34.9 Å². The molecule has 0 unspecified atom stereocenters. The molecule has 0 aromatic carbocycles. The number of rotatable bonds is 6. The third-order valence-corrected chi connectivity index (χ3v) is 4.69. The summed E-state index contributed by atoms with van der Waals surface area (Å²) in [6, 6.07) is 7.81. The highest BCUT2D eigenvalue weighted by Gasteiger charge is 2.13. The Hall–Kier alpha value is -3.61. The zero-order valence-electron chi connectivity index (χ0n) is 17.4. The quantitative estimate of drug-likeness (QED) is 0.476. The minimum absolute atomic E-state index is 0.526. The van der Waals surface area contributed by atoms with Crippen LogP contribution in [-0.2, 0) is 6.42 Å². The van der Waals surface area contributed by atoms with Gasteiger partial charge in [0.05, 0.1) is 5.56 Å². The zero-order chi connectivity index (χ0) is 20.9. The average molecular weight is 397 g/mol. The van der Waals surface area contributed by atoms with Crippen molar-refractivity contribution < 1.29 is 0 Å². The van der Waals surface area contributed by atoms with Gasteiger partial charge in [-0.2, -0.15) is 0 Å². The number of aromatic nitrogens is 7. The van der Waals surface area contributed by atoms with E-state index >= 15 is 0 Å².